The summed E-state index contributed by atoms with van der Waals surface area (Å²) in [5.74, 6) is 0. The number of nitrogens with zero attached hydrogens (tertiary/aromatic N) is 1. The van der Waals surface area contributed by atoms with Crippen molar-refractivity contribution in [1.29, 1.82) is 0 Å². The van der Waals surface area contributed by atoms with Gasteiger partial charge in [-0.3, -0.25) is 4.98 Å². The standard InChI is InChI=1S/C7H10ClNSi/c8-10-6-4-7-3-1-2-5-9-7/h1-3,5H,4,6,10H2. The van der Waals surface area contributed by atoms with Gasteiger partial charge < -0.3 is 0 Å². The minimum absolute atomic E-state index is 0.298. The van der Waals surface area contributed by atoms with Gasteiger partial charge in [0.15, 0.2) is 0 Å². The van der Waals surface area contributed by atoms with E-state index in [-0.39, 0.29) is 8.83 Å². The van der Waals surface area contributed by atoms with E-state index < -0.39 is 0 Å². The Hall–Kier alpha value is -0.343. The van der Waals surface area contributed by atoms with Crippen LogP contribution in [-0.4, -0.2) is 13.8 Å². The lowest BCUT2D eigenvalue weighted by molar-refractivity contribution is 1.03. The first-order chi connectivity index (χ1) is 4.93. The molecule has 10 heavy (non-hydrogen) atoms. The first-order valence-corrected chi connectivity index (χ1v) is 6.53. The molecule has 0 atom stereocenters. The molecular weight excluding hydrogens is 162 g/mol. The minimum atomic E-state index is -0.298. The molecule has 0 aromatic carbocycles. The molecular formula is C7H10ClNSi. The predicted octanol–water partition coefficient (Wildman–Crippen LogP) is 1.36. The van der Waals surface area contributed by atoms with Crippen LogP contribution in [-0.2, 0) is 6.42 Å². The second-order valence-electron chi connectivity index (χ2n) is 2.11. The monoisotopic (exact) mass is 171 g/mol. The molecule has 1 rings (SSSR count). The molecule has 3 heteroatoms. The van der Waals surface area contributed by atoms with E-state index in [9.17, 15) is 0 Å². The van der Waals surface area contributed by atoms with Gasteiger partial charge in [-0.2, -0.15) is 11.1 Å². The zero-order valence-electron chi connectivity index (χ0n) is 5.76. The Kier molecular flexibility index (Phi) is 3.47. The van der Waals surface area contributed by atoms with Gasteiger partial charge in [0.25, 0.3) is 0 Å². The molecule has 0 fully saturated rings. The lowest BCUT2D eigenvalue weighted by Crippen LogP contribution is -1.89. The smallest absolute Gasteiger partial charge is 0.125 e. The Balaban J connectivity index is 2.43. The fourth-order valence-electron chi connectivity index (χ4n) is 0.794. The third-order valence-corrected chi connectivity index (χ3v) is 2.72. The van der Waals surface area contributed by atoms with Crippen LogP contribution in [0, 0.1) is 0 Å². The van der Waals surface area contributed by atoms with E-state index >= 15 is 0 Å². The quantitative estimate of drug-likeness (QED) is 0.495. The summed E-state index contributed by atoms with van der Waals surface area (Å²) in [6.07, 6.45) is 2.88. The third-order valence-electron chi connectivity index (χ3n) is 1.29. The molecule has 0 N–H and O–H groups in total. The number of hydrogen-bond donors (Lipinski definition) is 0. The predicted molar refractivity (Wildman–Crippen MR) is 47.1 cm³/mol. The number of pyridine rings is 1. The zero-order valence-corrected chi connectivity index (χ0v) is 7.93. The highest BCUT2D eigenvalue weighted by atomic mass is 35.6. The Morgan fingerprint density at radius 2 is 2.40 bits per heavy atom. The van der Waals surface area contributed by atoms with E-state index in [1.54, 1.807) is 0 Å². The number of aryl methyl sites for hydroxylation is 1. The molecule has 0 unspecified atom stereocenters. The number of rotatable bonds is 3. The van der Waals surface area contributed by atoms with Gasteiger partial charge in [0.1, 0.15) is 8.83 Å². The van der Waals surface area contributed by atoms with Crippen molar-refractivity contribution in [2.45, 2.75) is 12.5 Å². The molecule has 0 radical (unpaired) electrons. The summed E-state index contributed by atoms with van der Waals surface area (Å²) in [6.45, 7) is 0. The summed E-state index contributed by atoms with van der Waals surface area (Å²) in [5.41, 5.74) is 1.16. The summed E-state index contributed by atoms with van der Waals surface area (Å²) < 4.78 is 0. The van der Waals surface area contributed by atoms with Crippen LogP contribution in [0.4, 0.5) is 0 Å². The Bertz CT molecular complexity index is 178. The molecule has 0 aliphatic heterocycles. The van der Waals surface area contributed by atoms with Gasteiger partial charge in [0, 0.05) is 11.9 Å². The van der Waals surface area contributed by atoms with Crippen molar-refractivity contribution in [3.63, 3.8) is 0 Å². The number of aromatic nitrogens is 1. The van der Waals surface area contributed by atoms with Crippen LogP contribution < -0.4 is 0 Å². The Labute approximate surface area is 68.0 Å². The topological polar surface area (TPSA) is 12.9 Å². The van der Waals surface area contributed by atoms with Gasteiger partial charge in [-0.1, -0.05) is 6.07 Å². The SMILES string of the molecule is Cl[SiH2]CCc1ccccn1. The van der Waals surface area contributed by atoms with Gasteiger partial charge in [-0.05, 0) is 24.6 Å². The van der Waals surface area contributed by atoms with Gasteiger partial charge >= 0.3 is 0 Å². The summed E-state index contributed by atoms with van der Waals surface area (Å²) >= 11 is 5.66. The van der Waals surface area contributed by atoms with E-state index in [2.05, 4.69) is 4.98 Å². The maximum absolute atomic E-state index is 5.66. The van der Waals surface area contributed by atoms with Crippen molar-refractivity contribution in [1.82, 2.24) is 4.98 Å². The average Bonchev–Trinajstić information content (AvgIpc) is 2.03. The summed E-state index contributed by atoms with van der Waals surface area (Å²) in [4.78, 5) is 4.18. The number of hydrogen-bond acceptors (Lipinski definition) is 1. The van der Waals surface area contributed by atoms with Crippen LogP contribution in [0.25, 0.3) is 0 Å². The molecule has 0 amide bonds. The van der Waals surface area contributed by atoms with Gasteiger partial charge in [0.2, 0.25) is 0 Å². The summed E-state index contributed by atoms with van der Waals surface area (Å²) in [5, 5.41) is 0. The van der Waals surface area contributed by atoms with Gasteiger partial charge in [-0.15, -0.1) is 0 Å². The molecule has 1 aromatic heterocycles. The van der Waals surface area contributed by atoms with Crippen molar-refractivity contribution >= 4 is 19.9 Å². The molecule has 54 valence electrons. The molecule has 0 bridgehead atoms. The van der Waals surface area contributed by atoms with E-state index in [1.165, 1.54) is 0 Å². The molecule has 0 aliphatic rings. The third kappa shape index (κ3) is 2.50. The fourth-order valence-corrected chi connectivity index (χ4v) is 1.69. The molecule has 0 aliphatic carbocycles. The number of halogens is 1. The zero-order chi connectivity index (χ0) is 7.23. The highest BCUT2D eigenvalue weighted by Gasteiger charge is 1.90. The largest absolute Gasteiger partial charge is 0.261 e. The van der Waals surface area contributed by atoms with Crippen LogP contribution in [0.1, 0.15) is 5.69 Å². The Morgan fingerprint density at radius 3 is 3.00 bits per heavy atom. The van der Waals surface area contributed by atoms with E-state index in [4.69, 9.17) is 11.1 Å². The molecule has 1 aromatic rings. The van der Waals surface area contributed by atoms with Crippen LogP contribution in [0.5, 0.6) is 0 Å². The Morgan fingerprint density at radius 1 is 1.50 bits per heavy atom. The van der Waals surface area contributed by atoms with E-state index in [1.807, 2.05) is 24.4 Å². The van der Waals surface area contributed by atoms with E-state index in [0.29, 0.717) is 0 Å². The molecule has 0 saturated heterocycles. The second-order valence-corrected chi connectivity index (χ2v) is 4.33. The highest BCUT2D eigenvalue weighted by molar-refractivity contribution is 6.93. The molecule has 0 saturated carbocycles. The van der Waals surface area contributed by atoms with Crippen molar-refractivity contribution < 1.29 is 0 Å². The lowest BCUT2D eigenvalue weighted by Gasteiger charge is -1.94. The fraction of sp³-hybridized carbons (Fsp3) is 0.286. The summed E-state index contributed by atoms with van der Waals surface area (Å²) in [6, 6.07) is 7.14. The van der Waals surface area contributed by atoms with Crippen molar-refractivity contribution in [3.05, 3.63) is 30.1 Å². The second kappa shape index (κ2) is 4.47. The van der Waals surface area contributed by atoms with Crippen molar-refractivity contribution in [2.24, 2.45) is 0 Å². The maximum atomic E-state index is 5.66. The van der Waals surface area contributed by atoms with Crippen LogP contribution in [0.2, 0.25) is 6.04 Å². The first-order valence-electron chi connectivity index (χ1n) is 3.39. The van der Waals surface area contributed by atoms with Crippen LogP contribution in [0.3, 0.4) is 0 Å². The molecule has 1 heterocycles. The maximum Gasteiger partial charge on any atom is 0.125 e. The molecule has 0 spiro atoms. The minimum Gasteiger partial charge on any atom is -0.261 e. The lowest BCUT2D eigenvalue weighted by atomic mass is 10.3. The first kappa shape index (κ1) is 7.76. The van der Waals surface area contributed by atoms with Gasteiger partial charge in [-0.25, -0.2) is 0 Å². The van der Waals surface area contributed by atoms with Crippen LogP contribution in [0.15, 0.2) is 24.4 Å². The van der Waals surface area contributed by atoms with Crippen LogP contribution >= 0.6 is 11.1 Å². The average molecular weight is 172 g/mol. The van der Waals surface area contributed by atoms with E-state index in [0.717, 1.165) is 18.2 Å². The van der Waals surface area contributed by atoms with Crippen molar-refractivity contribution in [2.75, 3.05) is 0 Å². The normalized spacial score (nSPS) is 10.9. The summed E-state index contributed by atoms with van der Waals surface area (Å²) in [7, 11) is -0.298. The molecule has 1 nitrogen and oxygen atoms in total. The van der Waals surface area contributed by atoms with Crippen molar-refractivity contribution in [3.8, 4) is 0 Å². The highest BCUT2D eigenvalue weighted by Crippen LogP contribution is 1.98. The van der Waals surface area contributed by atoms with Gasteiger partial charge in [0.05, 0.1) is 0 Å².